The average molecular weight is 305 g/mol. The lowest BCUT2D eigenvalue weighted by Crippen LogP contribution is -2.47. The normalized spacial score (nSPS) is 21.0. The second kappa shape index (κ2) is 6.10. The summed E-state index contributed by atoms with van der Waals surface area (Å²) in [6.07, 6.45) is 5.43. The molecule has 22 heavy (non-hydrogen) atoms. The Balaban J connectivity index is 1.79. The first-order chi connectivity index (χ1) is 10.6. The molecule has 2 amide bonds. The van der Waals surface area contributed by atoms with Gasteiger partial charge in [0.2, 0.25) is 11.7 Å². The highest BCUT2D eigenvalue weighted by atomic mass is 16.5. The Morgan fingerprint density at radius 2 is 2.05 bits per heavy atom. The fourth-order valence-corrected chi connectivity index (χ4v) is 3.35. The van der Waals surface area contributed by atoms with Gasteiger partial charge in [-0.05, 0) is 52.4 Å². The van der Waals surface area contributed by atoms with E-state index in [0.717, 1.165) is 43.4 Å². The van der Waals surface area contributed by atoms with Gasteiger partial charge in [0.15, 0.2) is 0 Å². The molecule has 1 fully saturated rings. The summed E-state index contributed by atoms with van der Waals surface area (Å²) in [5, 5.41) is 6.94. The average Bonchev–Trinajstić information content (AvgIpc) is 3.13. The van der Waals surface area contributed by atoms with Crippen LogP contribution in [0.3, 0.4) is 0 Å². The molecule has 0 spiro atoms. The third-order valence-electron chi connectivity index (χ3n) is 4.40. The number of hydrogen-bond donors (Lipinski definition) is 1. The molecular weight excluding hydrogens is 282 g/mol. The van der Waals surface area contributed by atoms with Gasteiger partial charge >= 0.3 is 0 Å². The van der Waals surface area contributed by atoms with E-state index in [1.54, 1.807) is 4.90 Å². The van der Waals surface area contributed by atoms with Crippen molar-refractivity contribution in [2.75, 3.05) is 6.54 Å². The van der Waals surface area contributed by atoms with E-state index < -0.39 is 0 Å². The lowest BCUT2D eigenvalue weighted by molar-refractivity contribution is -0.125. The van der Waals surface area contributed by atoms with Gasteiger partial charge in [-0.3, -0.25) is 9.59 Å². The zero-order valence-corrected chi connectivity index (χ0v) is 13.2. The third kappa shape index (κ3) is 2.74. The molecule has 2 heterocycles. The topological polar surface area (TPSA) is 75.4 Å². The van der Waals surface area contributed by atoms with Crippen molar-refractivity contribution in [1.29, 1.82) is 0 Å². The summed E-state index contributed by atoms with van der Waals surface area (Å²) in [6.45, 7) is 4.45. The molecule has 1 N–H and O–H groups in total. The predicted octanol–water partition coefficient (Wildman–Crippen LogP) is 1.68. The largest absolute Gasteiger partial charge is 0.352 e. The maximum Gasteiger partial charge on any atom is 0.293 e. The van der Waals surface area contributed by atoms with Crippen LogP contribution in [0.5, 0.6) is 0 Å². The second-order valence-corrected chi connectivity index (χ2v) is 6.46. The Hall–Kier alpha value is -1.85. The molecule has 0 radical (unpaired) electrons. The number of hydrogen-bond acceptors (Lipinski definition) is 4. The predicted molar refractivity (Wildman–Crippen MR) is 80.5 cm³/mol. The number of aromatic nitrogens is 1. The van der Waals surface area contributed by atoms with Crippen molar-refractivity contribution in [2.24, 2.45) is 0 Å². The monoisotopic (exact) mass is 305 g/mol. The Morgan fingerprint density at radius 3 is 2.82 bits per heavy atom. The molecule has 6 nitrogen and oxygen atoms in total. The fourth-order valence-electron chi connectivity index (χ4n) is 3.35. The number of carbonyl (C=O) groups excluding carboxylic acids is 2. The first-order valence-corrected chi connectivity index (χ1v) is 8.16. The summed E-state index contributed by atoms with van der Waals surface area (Å²) in [4.78, 5) is 26.7. The summed E-state index contributed by atoms with van der Waals surface area (Å²) in [5.74, 6) is 0.0882. The number of nitrogens with one attached hydrogen (secondary N) is 1. The van der Waals surface area contributed by atoms with Crippen LogP contribution in [0.1, 0.15) is 61.3 Å². The molecule has 1 aromatic heterocycles. The lowest BCUT2D eigenvalue weighted by atomic mass is 9.96. The van der Waals surface area contributed by atoms with Crippen molar-refractivity contribution in [3.05, 3.63) is 17.0 Å². The Kier molecular flexibility index (Phi) is 4.18. The lowest BCUT2D eigenvalue weighted by Gasteiger charge is -2.24. The maximum absolute atomic E-state index is 12.8. The van der Waals surface area contributed by atoms with Crippen LogP contribution in [0.4, 0.5) is 0 Å². The summed E-state index contributed by atoms with van der Waals surface area (Å²) >= 11 is 0. The molecule has 1 atom stereocenters. The van der Waals surface area contributed by atoms with Gasteiger partial charge in [-0.15, -0.1) is 0 Å². The summed E-state index contributed by atoms with van der Waals surface area (Å²) in [6, 6.07) is -0.317. The SMILES string of the molecule is CC(C)NC(=O)[C@@H]1CCCN1C(=O)c1onc2c1CCCC2. The van der Waals surface area contributed by atoms with E-state index in [4.69, 9.17) is 4.52 Å². The molecule has 120 valence electrons. The van der Waals surface area contributed by atoms with Crippen LogP contribution in [-0.2, 0) is 17.6 Å². The van der Waals surface area contributed by atoms with Gasteiger partial charge in [-0.25, -0.2) is 0 Å². The van der Waals surface area contributed by atoms with E-state index in [0.29, 0.717) is 18.7 Å². The number of carbonyl (C=O) groups is 2. The molecule has 1 aliphatic heterocycles. The number of amides is 2. The molecule has 0 saturated carbocycles. The second-order valence-electron chi connectivity index (χ2n) is 6.46. The van der Waals surface area contributed by atoms with Crippen molar-refractivity contribution in [3.8, 4) is 0 Å². The Labute approximate surface area is 130 Å². The number of aryl methyl sites for hydroxylation is 1. The van der Waals surface area contributed by atoms with Crippen molar-refractivity contribution >= 4 is 11.8 Å². The molecule has 0 aromatic carbocycles. The molecule has 1 saturated heterocycles. The Morgan fingerprint density at radius 1 is 1.27 bits per heavy atom. The Bertz CT molecular complexity index is 579. The van der Waals surface area contributed by atoms with E-state index >= 15 is 0 Å². The van der Waals surface area contributed by atoms with Gasteiger partial charge in [-0.1, -0.05) is 5.16 Å². The fraction of sp³-hybridized carbons (Fsp3) is 0.688. The van der Waals surface area contributed by atoms with E-state index in [2.05, 4.69) is 10.5 Å². The van der Waals surface area contributed by atoms with Gasteiger partial charge in [0.1, 0.15) is 6.04 Å². The quantitative estimate of drug-likeness (QED) is 0.922. The molecule has 1 aromatic rings. The molecule has 2 aliphatic rings. The van der Waals surface area contributed by atoms with Crippen LogP contribution < -0.4 is 5.32 Å². The number of rotatable bonds is 3. The first-order valence-electron chi connectivity index (χ1n) is 8.16. The minimum atomic E-state index is -0.390. The summed E-state index contributed by atoms with van der Waals surface area (Å²) < 4.78 is 5.33. The minimum absolute atomic E-state index is 0.0723. The maximum atomic E-state index is 12.8. The van der Waals surface area contributed by atoms with Crippen molar-refractivity contribution in [3.63, 3.8) is 0 Å². The van der Waals surface area contributed by atoms with Crippen LogP contribution in [0.2, 0.25) is 0 Å². The van der Waals surface area contributed by atoms with E-state index in [1.807, 2.05) is 13.8 Å². The molecule has 0 unspecified atom stereocenters. The number of likely N-dealkylation sites (tertiary alicyclic amines) is 1. The molecular formula is C16H23N3O3. The van der Waals surface area contributed by atoms with Crippen LogP contribution in [-0.4, -0.2) is 40.5 Å². The molecule has 1 aliphatic carbocycles. The van der Waals surface area contributed by atoms with Gasteiger partial charge in [0, 0.05) is 18.2 Å². The van der Waals surface area contributed by atoms with Gasteiger partial charge < -0.3 is 14.7 Å². The van der Waals surface area contributed by atoms with Crippen molar-refractivity contribution < 1.29 is 14.1 Å². The van der Waals surface area contributed by atoms with E-state index in [1.165, 1.54) is 0 Å². The van der Waals surface area contributed by atoms with E-state index in [-0.39, 0.29) is 23.9 Å². The molecule has 0 bridgehead atoms. The third-order valence-corrected chi connectivity index (χ3v) is 4.40. The highest BCUT2D eigenvalue weighted by Crippen LogP contribution is 2.27. The minimum Gasteiger partial charge on any atom is -0.352 e. The molecule has 3 rings (SSSR count). The van der Waals surface area contributed by atoms with E-state index in [9.17, 15) is 9.59 Å². The summed E-state index contributed by atoms with van der Waals surface area (Å²) in [7, 11) is 0. The van der Waals surface area contributed by atoms with Crippen LogP contribution in [0.15, 0.2) is 4.52 Å². The van der Waals surface area contributed by atoms with Gasteiger partial charge in [0.25, 0.3) is 5.91 Å². The standard InChI is InChI=1S/C16H23N3O3/c1-10(2)17-15(20)13-8-5-9-19(13)16(21)14-11-6-3-4-7-12(11)18-22-14/h10,13H,3-9H2,1-2H3,(H,17,20)/t13-/m0/s1. The van der Waals surface area contributed by atoms with Gasteiger partial charge in [-0.2, -0.15) is 0 Å². The smallest absolute Gasteiger partial charge is 0.293 e. The zero-order chi connectivity index (χ0) is 15.7. The van der Waals surface area contributed by atoms with Gasteiger partial charge in [0.05, 0.1) is 5.69 Å². The van der Waals surface area contributed by atoms with Crippen LogP contribution in [0.25, 0.3) is 0 Å². The first kappa shape index (κ1) is 15.1. The molecule has 6 heteroatoms. The summed E-state index contributed by atoms with van der Waals surface area (Å²) in [5.41, 5.74) is 1.86. The van der Waals surface area contributed by atoms with Crippen molar-refractivity contribution in [1.82, 2.24) is 15.4 Å². The highest BCUT2D eigenvalue weighted by molar-refractivity contribution is 5.97. The number of fused-ring (bicyclic) bond motifs is 1. The van der Waals surface area contributed by atoms with Crippen LogP contribution in [0, 0.1) is 0 Å². The van der Waals surface area contributed by atoms with Crippen molar-refractivity contribution in [2.45, 2.75) is 64.5 Å². The zero-order valence-electron chi connectivity index (χ0n) is 13.2. The van der Waals surface area contributed by atoms with Crippen LogP contribution >= 0.6 is 0 Å². The highest BCUT2D eigenvalue weighted by Gasteiger charge is 2.37. The number of nitrogens with zero attached hydrogens (tertiary/aromatic N) is 2.